The van der Waals surface area contributed by atoms with Gasteiger partial charge in [-0.15, -0.1) is 0 Å². The average molecular weight is 503 g/mol. The second-order valence-electron chi connectivity index (χ2n) is 7.22. The molecule has 2 aromatic carbocycles. The summed E-state index contributed by atoms with van der Waals surface area (Å²) in [5.41, 5.74) is 1.90. The molecule has 0 amide bonds. The zero-order chi connectivity index (χ0) is 23.7. The van der Waals surface area contributed by atoms with Crippen molar-refractivity contribution in [2.75, 3.05) is 13.7 Å². The van der Waals surface area contributed by atoms with Crippen LogP contribution in [0.15, 0.2) is 63.5 Å². The van der Waals surface area contributed by atoms with Crippen LogP contribution in [0.3, 0.4) is 0 Å². The zero-order valence-electron chi connectivity index (χ0n) is 18.1. The highest BCUT2D eigenvalue weighted by Crippen LogP contribution is 2.32. The van der Waals surface area contributed by atoms with Crippen molar-refractivity contribution in [3.05, 3.63) is 94.6 Å². The van der Waals surface area contributed by atoms with Gasteiger partial charge in [0.05, 0.1) is 45.6 Å². The van der Waals surface area contributed by atoms with Crippen molar-refractivity contribution < 1.29 is 14.3 Å². The summed E-state index contributed by atoms with van der Waals surface area (Å²) in [6.45, 7) is 3.69. The third-order valence-corrected chi connectivity index (χ3v) is 7.03. The van der Waals surface area contributed by atoms with E-state index in [1.54, 1.807) is 57.4 Å². The molecule has 6 nitrogen and oxygen atoms in total. The third kappa shape index (κ3) is 4.36. The third-order valence-electron chi connectivity index (χ3n) is 5.22. The smallest absolute Gasteiger partial charge is 0.338 e. The van der Waals surface area contributed by atoms with E-state index in [0.717, 1.165) is 5.56 Å². The van der Waals surface area contributed by atoms with Gasteiger partial charge >= 0.3 is 5.97 Å². The Morgan fingerprint density at radius 3 is 2.61 bits per heavy atom. The Hall–Kier alpha value is -2.87. The van der Waals surface area contributed by atoms with Gasteiger partial charge in [-0.3, -0.25) is 9.36 Å². The largest absolute Gasteiger partial charge is 0.497 e. The molecular formula is C24H20Cl2N2O4S. The van der Waals surface area contributed by atoms with Crippen molar-refractivity contribution >= 4 is 46.6 Å². The van der Waals surface area contributed by atoms with E-state index in [4.69, 9.17) is 32.7 Å². The van der Waals surface area contributed by atoms with Gasteiger partial charge in [-0.05, 0) is 49.2 Å². The van der Waals surface area contributed by atoms with Gasteiger partial charge in [0, 0.05) is 0 Å². The van der Waals surface area contributed by atoms with Crippen LogP contribution in [0.25, 0.3) is 6.08 Å². The molecule has 1 unspecified atom stereocenters. The highest BCUT2D eigenvalue weighted by atomic mass is 35.5. The molecule has 1 aliphatic rings. The van der Waals surface area contributed by atoms with Crippen LogP contribution in [0, 0.1) is 0 Å². The van der Waals surface area contributed by atoms with Gasteiger partial charge < -0.3 is 9.47 Å². The number of fused-ring (bicyclic) bond motifs is 1. The lowest BCUT2D eigenvalue weighted by molar-refractivity contribution is -0.139. The fourth-order valence-corrected chi connectivity index (χ4v) is 5.07. The number of aromatic nitrogens is 1. The molecular weight excluding hydrogens is 483 g/mol. The Morgan fingerprint density at radius 1 is 1.21 bits per heavy atom. The number of esters is 1. The maximum Gasteiger partial charge on any atom is 0.338 e. The van der Waals surface area contributed by atoms with Crippen LogP contribution in [0.1, 0.15) is 31.0 Å². The van der Waals surface area contributed by atoms with Crippen molar-refractivity contribution in [3.8, 4) is 5.75 Å². The van der Waals surface area contributed by atoms with E-state index >= 15 is 0 Å². The molecule has 1 aliphatic heterocycles. The van der Waals surface area contributed by atoms with Crippen LogP contribution in [-0.2, 0) is 9.53 Å². The summed E-state index contributed by atoms with van der Waals surface area (Å²) in [7, 11) is 1.58. The van der Waals surface area contributed by atoms with Gasteiger partial charge in [0.25, 0.3) is 5.56 Å². The fourth-order valence-electron chi connectivity index (χ4n) is 3.67. The predicted octanol–water partition coefficient (Wildman–Crippen LogP) is 4.11. The molecule has 0 bridgehead atoms. The number of halogens is 2. The van der Waals surface area contributed by atoms with Crippen LogP contribution in [0.4, 0.5) is 0 Å². The summed E-state index contributed by atoms with van der Waals surface area (Å²) >= 11 is 13.7. The number of benzene rings is 2. The summed E-state index contributed by atoms with van der Waals surface area (Å²) in [5, 5.41) is 0.759. The number of methoxy groups -OCH3 is 1. The lowest BCUT2D eigenvalue weighted by atomic mass is 9.96. The molecule has 0 saturated heterocycles. The molecule has 1 atom stereocenters. The normalized spacial score (nSPS) is 15.8. The highest BCUT2D eigenvalue weighted by molar-refractivity contribution is 7.07. The van der Waals surface area contributed by atoms with E-state index in [1.165, 1.54) is 15.9 Å². The number of ether oxygens (including phenoxy) is 2. The molecule has 0 saturated carbocycles. The van der Waals surface area contributed by atoms with Gasteiger partial charge in [-0.1, -0.05) is 58.8 Å². The number of carbonyl (C=O) groups is 1. The number of hydrogen-bond donors (Lipinski definition) is 0. The van der Waals surface area contributed by atoms with Crippen molar-refractivity contribution in [1.29, 1.82) is 0 Å². The van der Waals surface area contributed by atoms with E-state index in [9.17, 15) is 9.59 Å². The minimum atomic E-state index is -0.691. The van der Waals surface area contributed by atoms with Crippen molar-refractivity contribution in [1.82, 2.24) is 4.57 Å². The highest BCUT2D eigenvalue weighted by Gasteiger charge is 2.33. The Kier molecular flexibility index (Phi) is 6.74. The minimum Gasteiger partial charge on any atom is -0.497 e. The zero-order valence-corrected chi connectivity index (χ0v) is 20.4. The first-order valence-electron chi connectivity index (χ1n) is 10.1. The molecule has 4 rings (SSSR count). The van der Waals surface area contributed by atoms with E-state index in [-0.39, 0.29) is 12.2 Å². The Balaban J connectivity index is 1.96. The number of nitrogens with zero attached hydrogens (tertiary/aromatic N) is 2. The monoisotopic (exact) mass is 502 g/mol. The number of carbonyl (C=O) groups excluding carboxylic acids is 1. The Bertz CT molecular complexity index is 1440. The van der Waals surface area contributed by atoms with E-state index in [0.29, 0.717) is 42.0 Å². The first-order chi connectivity index (χ1) is 15.8. The second kappa shape index (κ2) is 9.55. The average Bonchev–Trinajstić information content (AvgIpc) is 3.10. The molecule has 170 valence electrons. The molecule has 0 spiro atoms. The Labute approximate surface area is 204 Å². The van der Waals surface area contributed by atoms with E-state index in [1.807, 2.05) is 12.1 Å². The molecule has 9 heteroatoms. The minimum absolute atomic E-state index is 0.211. The van der Waals surface area contributed by atoms with E-state index in [2.05, 4.69) is 4.99 Å². The molecule has 33 heavy (non-hydrogen) atoms. The molecule has 0 aliphatic carbocycles. The summed E-state index contributed by atoms with van der Waals surface area (Å²) in [4.78, 5) is 31.5. The van der Waals surface area contributed by atoms with Crippen molar-refractivity contribution in [2.24, 2.45) is 4.99 Å². The summed E-state index contributed by atoms with van der Waals surface area (Å²) < 4.78 is 12.5. The van der Waals surface area contributed by atoms with Crippen molar-refractivity contribution in [3.63, 3.8) is 0 Å². The van der Waals surface area contributed by atoms with Crippen LogP contribution in [0.5, 0.6) is 5.75 Å². The lowest BCUT2D eigenvalue weighted by Crippen LogP contribution is -2.39. The lowest BCUT2D eigenvalue weighted by Gasteiger charge is -2.24. The van der Waals surface area contributed by atoms with Gasteiger partial charge in [0.15, 0.2) is 4.80 Å². The van der Waals surface area contributed by atoms with Crippen LogP contribution >= 0.6 is 34.5 Å². The maximum atomic E-state index is 13.6. The molecule has 3 aromatic rings. The van der Waals surface area contributed by atoms with Gasteiger partial charge in [0.1, 0.15) is 5.75 Å². The van der Waals surface area contributed by atoms with Crippen molar-refractivity contribution in [2.45, 2.75) is 19.9 Å². The second-order valence-corrected chi connectivity index (χ2v) is 9.01. The van der Waals surface area contributed by atoms with Crippen LogP contribution in [-0.4, -0.2) is 24.3 Å². The van der Waals surface area contributed by atoms with Crippen LogP contribution < -0.4 is 19.6 Å². The standard InChI is InChI=1S/C24H20Cl2N2O4S/c1-4-32-23(30)19-13(2)27-24-28(21(19)14-8-10-16(31-3)11-9-14)22(29)18(33-24)12-15-6-5-7-17(25)20(15)26/h5-12,21H,4H2,1-3H3/b18-12+. The summed E-state index contributed by atoms with van der Waals surface area (Å²) in [6, 6.07) is 11.8. The summed E-state index contributed by atoms with van der Waals surface area (Å²) in [5.74, 6) is 0.159. The van der Waals surface area contributed by atoms with E-state index < -0.39 is 12.0 Å². The Morgan fingerprint density at radius 2 is 1.94 bits per heavy atom. The number of allylic oxidation sites excluding steroid dienone is 1. The number of rotatable bonds is 5. The molecule has 0 radical (unpaired) electrons. The van der Waals surface area contributed by atoms with Gasteiger partial charge in [-0.25, -0.2) is 9.79 Å². The topological polar surface area (TPSA) is 69.9 Å². The maximum absolute atomic E-state index is 13.6. The predicted molar refractivity (Wildman–Crippen MR) is 130 cm³/mol. The SMILES string of the molecule is CCOC(=O)C1=C(C)N=c2s/c(=C/c3cccc(Cl)c3Cl)c(=O)n2C1c1ccc(OC)cc1. The number of thiazole rings is 1. The van der Waals surface area contributed by atoms with Gasteiger partial charge in [0.2, 0.25) is 0 Å². The first-order valence-corrected chi connectivity index (χ1v) is 11.7. The first kappa shape index (κ1) is 23.3. The quantitative estimate of drug-likeness (QED) is 0.492. The molecule has 2 heterocycles. The molecule has 0 fully saturated rings. The molecule has 1 aromatic heterocycles. The van der Waals surface area contributed by atoms with Gasteiger partial charge in [-0.2, -0.15) is 0 Å². The molecule has 0 N–H and O–H groups in total. The van der Waals surface area contributed by atoms with Crippen LogP contribution in [0.2, 0.25) is 10.0 Å². The summed E-state index contributed by atoms with van der Waals surface area (Å²) in [6.07, 6.45) is 1.69. The fraction of sp³-hybridized carbons (Fsp3) is 0.208. The number of hydrogen-bond acceptors (Lipinski definition) is 6.